The molecule has 1 aromatic carbocycles. The third kappa shape index (κ3) is 3.89. The average molecular weight is 440 g/mol. The lowest BCUT2D eigenvalue weighted by atomic mass is 9.81. The Morgan fingerprint density at radius 3 is 2.63 bits per heavy atom. The molecule has 3 unspecified atom stereocenters. The minimum atomic E-state index is -0.595. The molecule has 0 saturated carbocycles. The summed E-state index contributed by atoms with van der Waals surface area (Å²) < 4.78 is 0.512. The fraction of sp³-hybridized carbons (Fsp3) is 0.273. The van der Waals surface area contributed by atoms with Crippen LogP contribution in [0, 0.1) is 23.2 Å². The van der Waals surface area contributed by atoms with Crippen LogP contribution in [-0.2, 0) is 16.0 Å². The van der Waals surface area contributed by atoms with Crippen LogP contribution >= 0.6 is 22.9 Å². The molecule has 1 fully saturated rings. The number of nitrogens with one attached hydrogen (secondary N) is 1. The second-order valence-corrected chi connectivity index (χ2v) is 9.00. The molecule has 3 amide bonds. The Kier molecular flexibility index (Phi) is 5.71. The lowest BCUT2D eigenvalue weighted by Crippen LogP contribution is -2.45. The summed E-state index contributed by atoms with van der Waals surface area (Å²) in [5.41, 5.74) is 1.51. The number of allylic oxidation sites excluding steroid dienone is 1. The summed E-state index contributed by atoms with van der Waals surface area (Å²) in [5, 5.41) is 11.8. The summed E-state index contributed by atoms with van der Waals surface area (Å²) in [5.74, 6) is -1.80. The highest BCUT2D eigenvalue weighted by Crippen LogP contribution is 2.36. The van der Waals surface area contributed by atoms with Crippen molar-refractivity contribution in [2.75, 3.05) is 6.54 Å². The van der Waals surface area contributed by atoms with Crippen LogP contribution in [0.25, 0.3) is 0 Å². The molecule has 1 N–H and O–H groups in total. The molecular weight excluding hydrogens is 422 g/mol. The first-order valence-corrected chi connectivity index (χ1v) is 10.7. The van der Waals surface area contributed by atoms with E-state index >= 15 is 0 Å². The summed E-state index contributed by atoms with van der Waals surface area (Å²) in [7, 11) is 0. The zero-order valence-electron chi connectivity index (χ0n) is 15.9. The highest BCUT2D eigenvalue weighted by atomic mass is 35.5. The van der Waals surface area contributed by atoms with Crippen LogP contribution in [0.4, 0.5) is 0 Å². The van der Waals surface area contributed by atoms with Crippen LogP contribution in [-0.4, -0.2) is 35.2 Å². The van der Waals surface area contributed by atoms with E-state index in [0.29, 0.717) is 27.6 Å². The van der Waals surface area contributed by atoms with E-state index in [2.05, 4.69) is 11.4 Å². The van der Waals surface area contributed by atoms with Gasteiger partial charge in [-0.2, -0.15) is 5.26 Å². The van der Waals surface area contributed by atoms with Gasteiger partial charge in [0.15, 0.2) is 0 Å². The maximum absolute atomic E-state index is 13.1. The molecule has 1 aliphatic heterocycles. The SMILES string of the molecule is N#Cc1ccc(CCN2C(=O)C3CC=CC(NC(=O)c4ccc(Cl)s4)C3C2=O)cc1. The zero-order valence-corrected chi connectivity index (χ0v) is 17.4. The van der Waals surface area contributed by atoms with Crippen molar-refractivity contribution >= 4 is 40.7 Å². The van der Waals surface area contributed by atoms with Gasteiger partial charge in [0.2, 0.25) is 11.8 Å². The Labute approximate surface area is 182 Å². The van der Waals surface area contributed by atoms with Gasteiger partial charge in [-0.15, -0.1) is 11.3 Å². The fourth-order valence-electron chi connectivity index (χ4n) is 3.96. The summed E-state index contributed by atoms with van der Waals surface area (Å²) in [6.45, 7) is 0.276. The molecule has 152 valence electrons. The summed E-state index contributed by atoms with van der Waals surface area (Å²) in [4.78, 5) is 40.2. The molecule has 1 aliphatic carbocycles. The molecule has 2 aromatic rings. The minimum absolute atomic E-state index is 0.193. The van der Waals surface area contributed by atoms with Crippen LogP contribution in [0.15, 0.2) is 48.6 Å². The third-order valence-corrected chi connectivity index (χ3v) is 6.72. The molecule has 1 aromatic heterocycles. The first kappa shape index (κ1) is 20.3. The number of hydrogen-bond acceptors (Lipinski definition) is 5. The van der Waals surface area contributed by atoms with E-state index in [0.717, 1.165) is 5.56 Å². The van der Waals surface area contributed by atoms with Gasteiger partial charge in [0.25, 0.3) is 5.91 Å². The number of carbonyl (C=O) groups is 3. The Morgan fingerprint density at radius 2 is 1.97 bits per heavy atom. The predicted octanol–water partition coefficient (Wildman–Crippen LogP) is 3.18. The van der Waals surface area contributed by atoms with Gasteiger partial charge in [-0.05, 0) is 42.7 Å². The first-order valence-electron chi connectivity index (χ1n) is 9.55. The summed E-state index contributed by atoms with van der Waals surface area (Å²) in [6, 6.07) is 11.9. The van der Waals surface area contributed by atoms with Crippen molar-refractivity contribution in [2.45, 2.75) is 18.9 Å². The highest BCUT2D eigenvalue weighted by molar-refractivity contribution is 7.18. The smallest absolute Gasteiger partial charge is 0.261 e. The molecule has 1 saturated heterocycles. The molecule has 2 heterocycles. The van der Waals surface area contributed by atoms with E-state index in [-0.39, 0.29) is 24.3 Å². The van der Waals surface area contributed by atoms with Crippen molar-refractivity contribution in [3.05, 3.63) is 68.9 Å². The number of hydrogen-bond donors (Lipinski definition) is 1. The second-order valence-electron chi connectivity index (χ2n) is 7.29. The summed E-state index contributed by atoms with van der Waals surface area (Å²) >= 11 is 7.07. The van der Waals surface area contributed by atoms with E-state index in [1.165, 1.54) is 16.2 Å². The van der Waals surface area contributed by atoms with Gasteiger partial charge in [-0.1, -0.05) is 35.9 Å². The van der Waals surface area contributed by atoms with Crippen molar-refractivity contribution in [3.8, 4) is 6.07 Å². The maximum atomic E-state index is 13.1. The maximum Gasteiger partial charge on any atom is 0.261 e. The van der Waals surface area contributed by atoms with Crippen molar-refractivity contribution in [1.29, 1.82) is 5.26 Å². The van der Waals surface area contributed by atoms with Crippen LogP contribution in [0.1, 0.15) is 27.2 Å². The number of nitriles is 1. The van der Waals surface area contributed by atoms with Crippen molar-refractivity contribution in [2.24, 2.45) is 11.8 Å². The number of carbonyl (C=O) groups excluding carboxylic acids is 3. The number of likely N-dealkylation sites (tertiary alicyclic amines) is 1. The first-order chi connectivity index (χ1) is 14.5. The van der Waals surface area contributed by atoms with Crippen molar-refractivity contribution in [3.63, 3.8) is 0 Å². The van der Waals surface area contributed by atoms with Crippen LogP contribution in [0.2, 0.25) is 4.34 Å². The topological polar surface area (TPSA) is 90.3 Å². The minimum Gasteiger partial charge on any atom is -0.344 e. The van der Waals surface area contributed by atoms with E-state index < -0.39 is 17.9 Å². The average Bonchev–Trinajstić information content (AvgIpc) is 3.29. The molecule has 4 rings (SSSR count). The van der Waals surface area contributed by atoms with Gasteiger partial charge in [-0.25, -0.2) is 0 Å². The van der Waals surface area contributed by atoms with E-state index in [1.54, 1.807) is 30.3 Å². The predicted molar refractivity (Wildman–Crippen MR) is 113 cm³/mol. The Hall–Kier alpha value is -2.95. The van der Waals surface area contributed by atoms with E-state index in [1.807, 2.05) is 18.2 Å². The fourth-order valence-corrected chi connectivity index (χ4v) is 4.91. The molecule has 3 atom stereocenters. The number of amides is 3. The van der Waals surface area contributed by atoms with E-state index in [4.69, 9.17) is 16.9 Å². The molecule has 0 bridgehead atoms. The van der Waals surface area contributed by atoms with Gasteiger partial charge in [-0.3, -0.25) is 19.3 Å². The highest BCUT2D eigenvalue weighted by Gasteiger charge is 2.51. The monoisotopic (exact) mass is 439 g/mol. The number of benzene rings is 1. The molecule has 8 heteroatoms. The Balaban J connectivity index is 1.45. The molecule has 0 radical (unpaired) electrons. The largest absolute Gasteiger partial charge is 0.344 e. The number of rotatable bonds is 5. The molecule has 0 spiro atoms. The normalized spacial score (nSPS) is 22.7. The molecular formula is C22H18ClN3O3S. The van der Waals surface area contributed by atoms with Gasteiger partial charge >= 0.3 is 0 Å². The second kappa shape index (κ2) is 8.42. The lowest BCUT2D eigenvalue weighted by molar-refractivity contribution is -0.139. The van der Waals surface area contributed by atoms with Gasteiger partial charge in [0, 0.05) is 6.54 Å². The van der Waals surface area contributed by atoms with Gasteiger partial charge < -0.3 is 5.32 Å². The van der Waals surface area contributed by atoms with Crippen LogP contribution in [0.5, 0.6) is 0 Å². The zero-order chi connectivity index (χ0) is 21.3. The lowest BCUT2D eigenvalue weighted by Gasteiger charge is -2.26. The summed E-state index contributed by atoms with van der Waals surface area (Å²) in [6.07, 6.45) is 4.65. The van der Waals surface area contributed by atoms with Gasteiger partial charge in [0.05, 0.1) is 38.7 Å². The standard InChI is InChI=1S/C22H18ClN3O3S/c23-18-9-8-17(30-18)20(27)25-16-3-1-2-15-19(16)22(29)26(21(15)28)11-10-13-4-6-14(12-24)7-5-13/h1,3-9,15-16,19H,2,10-11H2,(H,25,27). The Bertz CT molecular complexity index is 1070. The number of imide groups is 1. The molecule has 2 aliphatic rings. The third-order valence-electron chi connectivity index (χ3n) is 5.49. The quantitative estimate of drug-likeness (QED) is 0.572. The molecule has 30 heavy (non-hydrogen) atoms. The Morgan fingerprint density at radius 1 is 1.20 bits per heavy atom. The number of thiophene rings is 1. The van der Waals surface area contributed by atoms with Crippen LogP contribution < -0.4 is 5.32 Å². The number of halogens is 1. The number of fused-ring (bicyclic) bond motifs is 1. The van der Waals surface area contributed by atoms with Crippen molar-refractivity contribution < 1.29 is 14.4 Å². The number of nitrogens with zero attached hydrogens (tertiary/aromatic N) is 2. The molecule has 6 nitrogen and oxygen atoms in total. The van der Waals surface area contributed by atoms with Crippen LogP contribution in [0.3, 0.4) is 0 Å². The van der Waals surface area contributed by atoms with E-state index in [9.17, 15) is 14.4 Å². The van der Waals surface area contributed by atoms with Gasteiger partial charge in [0.1, 0.15) is 0 Å². The van der Waals surface area contributed by atoms with Crippen molar-refractivity contribution in [1.82, 2.24) is 10.2 Å².